The van der Waals surface area contributed by atoms with Crippen LogP contribution in [-0.2, 0) is 14.3 Å². The van der Waals surface area contributed by atoms with Crippen molar-refractivity contribution in [2.75, 3.05) is 10.6 Å². The minimum Gasteiger partial charge on any atom is -0.444 e. The zero-order valence-electron chi connectivity index (χ0n) is 16.0. The lowest BCUT2D eigenvalue weighted by molar-refractivity contribution is -0.123. The van der Waals surface area contributed by atoms with Gasteiger partial charge < -0.3 is 21.5 Å². The highest BCUT2D eigenvalue weighted by Gasteiger charge is 2.18. The third-order valence-electron chi connectivity index (χ3n) is 3.18. The number of ether oxygens (including phenoxy) is 1. The molecule has 1 aromatic carbocycles. The van der Waals surface area contributed by atoms with Gasteiger partial charge in [0, 0.05) is 11.8 Å². The molecule has 0 atom stereocenters. The lowest BCUT2D eigenvalue weighted by atomic mass is 10.1. The van der Waals surface area contributed by atoms with Crippen LogP contribution in [0.4, 0.5) is 16.2 Å². The third-order valence-corrected chi connectivity index (χ3v) is 3.18. The van der Waals surface area contributed by atoms with E-state index in [9.17, 15) is 14.4 Å². The molecule has 6 N–H and O–H groups in total. The number of rotatable bonds is 6. The molecule has 0 fully saturated rings. The van der Waals surface area contributed by atoms with Gasteiger partial charge in [-0.25, -0.2) is 4.79 Å². The van der Waals surface area contributed by atoms with Crippen LogP contribution in [0.15, 0.2) is 42.2 Å². The molecule has 0 heterocycles. The van der Waals surface area contributed by atoms with E-state index in [0.717, 1.165) is 18.0 Å². The summed E-state index contributed by atoms with van der Waals surface area (Å²) in [6, 6.07) is 5.09. The summed E-state index contributed by atoms with van der Waals surface area (Å²) in [4.78, 5) is 36.3. The van der Waals surface area contributed by atoms with E-state index in [1.54, 1.807) is 39.0 Å². The van der Waals surface area contributed by atoms with Crippen molar-refractivity contribution in [1.29, 1.82) is 0 Å². The van der Waals surface area contributed by atoms with Crippen molar-refractivity contribution in [2.24, 2.45) is 11.5 Å². The Hall–Kier alpha value is -3.29. The lowest BCUT2D eigenvalue weighted by Gasteiger charge is -2.20. The highest BCUT2D eigenvalue weighted by atomic mass is 16.6. The van der Waals surface area contributed by atoms with Gasteiger partial charge in [-0.2, -0.15) is 0 Å². The number of Topliss-reactive ketones (excluding diaryl/α,β-unsaturated/α-hetero) is 1. The van der Waals surface area contributed by atoms with E-state index in [2.05, 4.69) is 10.6 Å². The second kappa shape index (κ2) is 9.42. The zero-order valence-corrected chi connectivity index (χ0v) is 16.0. The number of anilines is 2. The molecule has 8 heteroatoms. The second-order valence-electron chi connectivity index (χ2n) is 6.81. The first-order chi connectivity index (χ1) is 12.6. The summed E-state index contributed by atoms with van der Waals surface area (Å²) < 4.78 is 5.21. The molecule has 0 saturated heterocycles. The average molecular weight is 374 g/mol. The molecule has 0 unspecified atom stereocenters. The Balaban J connectivity index is 2.90. The molecule has 8 nitrogen and oxygen atoms in total. The predicted molar refractivity (Wildman–Crippen MR) is 105 cm³/mol. The van der Waals surface area contributed by atoms with Crippen molar-refractivity contribution >= 4 is 29.2 Å². The van der Waals surface area contributed by atoms with Gasteiger partial charge in [0.25, 0.3) is 0 Å². The van der Waals surface area contributed by atoms with Crippen LogP contribution in [0.2, 0.25) is 0 Å². The number of aryl methyl sites for hydroxylation is 1. The molecule has 2 amide bonds. The van der Waals surface area contributed by atoms with Crippen molar-refractivity contribution < 1.29 is 19.1 Å². The molecule has 1 aromatic rings. The van der Waals surface area contributed by atoms with Crippen LogP contribution in [0.25, 0.3) is 0 Å². The molecule has 0 saturated carbocycles. The highest BCUT2D eigenvalue weighted by Crippen LogP contribution is 2.24. The van der Waals surface area contributed by atoms with Crippen LogP contribution in [0.3, 0.4) is 0 Å². The Morgan fingerprint density at radius 1 is 1.11 bits per heavy atom. The van der Waals surface area contributed by atoms with Crippen LogP contribution < -0.4 is 22.1 Å². The Morgan fingerprint density at radius 2 is 1.78 bits per heavy atom. The van der Waals surface area contributed by atoms with Gasteiger partial charge in [0.1, 0.15) is 5.60 Å². The van der Waals surface area contributed by atoms with Gasteiger partial charge in [0.05, 0.1) is 17.8 Å². The molecule has 0 aliphatic rings. The highest BCUT2D eigenvalue weighted by molar-refractivity contribution is 6.12. The summed E-state index contributed by atoms with van der Waals surface area (Å²) in [6.07, 6.45) is 2.49. The van der Waals surface area contributed by atoms with Gasteiger partial charge in [-0.3, -0.25) is 14.9 Å². The number of carbonyl (C=O) groups excluding carboxylic acids is 3. The fourth-order valence-corrected chi connectivity index (χ4v) is 2.07. The van der Waals surface area contributed by atoms with Crippen LogP contribution in [-0.4, -0.2) is 23.4 Å². The Morgan fingerprint density at radius 3 is 2.33 bits per heavy atom. The smallest absolute Gasteiger partial charge is 0.412 e. The van der Waals surface area contributed by atoms with Gasteiger partial charge in [-0.05, 0) is 57.7 Å². The summed E-state index contributed by atoms with van der Waals surface area (Å²) in [6.45, 7) is 7.07. The van der Waals surface area contributed by atoms with Crippen LogP contribution in [0.5, 0.6) is 0 Å². The number of carbonyl (C=O) groups is 3. The summed E-state index contributed by atoms with van der Waals surface area (Å²) in [5, 5.41) is 5.21. The number of ketones is 1. The van der Waals surface area contributed by atoms with Gasteiger partial charge in [-0.15, -0.1) is 0 Å². The monoisotopic (exact) mass is 374 g/mol. The first-order valence-electron chi connectivity index (χ1n) is 8.29. The van der Waals surface area contributed by atoms with Crippen molar-refractivity contribution in [3.05, 3.63) is 47.8 Å². The molecule has 0 spiro atoms. The van der Waals surface area contributed by atoms with Crippen LogP contribution in [0, 0.1) is 6.92 Å². The van der Waals surface area contributed by atoms with Crippen molar-refractivity contribution in [3.8, 4) is 0 Å². The maximum Gasteiger partial charge on any atom is 0.412 e. The molecule has 0 aliphatic heterocycles. The summed E-state index contributed by atoms with van der Waals surface area (Å²) in [7, 11) is 0. The first-order valence-corrected chi connectivity index (χ1v) is 8.29. The number of allylic oxidation sites excluding steroid dienone is 2. The molecule has 0 aromatic heterocycles. The van der Waals surface area contributed by atoms with Crippen molar-refractivity contribution in [1.82, 2.24) is 0 Å². The molecule has 146 valence electrons. The molecule has 0 bridgehead atoms. The Kier molecular flexibility index (Phi) is 7.59. The molecule has 0 radical (unpaired) electrons. The molecule has 27 heavy (non-hydrogen) atoms. The van der Waals surface area contributed by atoms with E-state index >= 15 is 0 Å². The largest absolute Gasteiger partial charge is 0.444 e. The number of nitrogens with two attached hydrogens (primary N) is 2. The summed E-state index contributed by atoms with van der Waals surface area (Å²) in [5.74, 6) is -1.03. The van der Waals surface area contributed by atoms with Gasteiger partial charge in [0.15, 0.2) is 5.78 Å². The first kappa shape index (κ1) is 21.8. The van der Waals surface area contributed by atoms with E-state index in [4.69, 9.17) is 16.2 Å². The number of nitrogens with one attached hydrogen (secondary N) is 2. The maximum atomic E-state index is 12.2. The van der Waals surface area contributed by atoms with Gasteiger partial charge in [0.2, 0.25) is 5.91 Å². The van der Waals surface area contributed by atoms with Crippen molar-refractivity contribution in [3.63, 3.8) is 0 Å². The predicted octanol–water partition coefficient (Wildman–Crippen LogP) is 2.55. The van der Waals surface area contributed by atoms with E-state index in [-0.39, 0.29) is 5.57 Å². The Labute approximate surface area is 158 Å². The fourth-order valence-electron chi connectivity index (χ4n) is 2.07. The maximum absolute atomic E-state index is 12.2. The normalized spacial score (nSPS) is 11.9. The molecule has 0 aliphatic carbocycles. The molecular formula is C19H26N4O4. The molecule has 1 rings (SSSR count). The standard InChI is InChI=1S/C19H26N4O4/c1-12-5-6-14(23-18(26)27-19(2,3)4)15(9-12)22-17(25)10-16(24)13(11-21)7-8-20/h5-9,11H,10,20-21H2,1-4H3,(H,22,25)(H,23,26)/b8-7-,13-11+. The zero-order chi connectivity index (χ0) is 20.6. The van der Waals surface area contributed by atoms with E-state index < -0.39 is 29.8 Å². The fraction of sp³-hybridized carbons (Fsp3) is 0.316. The topological polar surface area (TPSA) is 137 Å². The van der Waals surface area contributed by atoms with Crippen molar-refractivity contribution in [2.45, 2.75) is 39.7 Å². The van der Waals surface area contributed by atoms with E-state index in [1.165, 1.54) is 6.08 Å². The number of amides is 2. The second-order valence-corrected chi connectivity index (χ2v) is 6.81. The molecular weight excluding hydrogens is 348 g/mol. The SMILES string of the molecule is Cc1ccc(NC(=O)OC(C)(C)C)c(NC(=O)CC(=O)C(/C=C\N)=C/N)c1. The summed E-state index contributed by atoms with van der Waals surface area (Å²) >= 11 is 0. The van der Waals surface area contributed by atoms with E-state index in [1.807, 2.05) is 6.92 Å². The van der Waals surface area contributed by atoms with Gasteiger partial charge in [-0.1, -0.05) is 6.07 Å². The summed E-state index contributed by atoms with van der Waals surface area (Å²) in [5.41, 5.74) is 11.6. The quantitative estimate of drug-likeness (QED) is 0.343. The third kappa shape index (κ3) is 7.64. The number of hydrogen-bond acceptors (Lipinski definition) is 6. The number of hydrogen-bond donors (Lipinski definition) is 4. The minimum atomic E-state index is -0.661. The van der Waals surface area contributed by atoms with Crippen LogP contribution in [0.1, 0.15) is 32.8 Å². The minimum absolute atomic E-state index is 0.129. The van der Waals surface area contributed by atoms with Crippen LogP contribution >= 0.6 is 0 Å². The Bertz CT molecular complexity index is 776. The van der Waals surface area contributed by atoms with E-state index in [0.29, 0.717) is 11.4 Å². The van der Waals surface area contributed by atoms with Gasteiger partial charge >= 0.3 is 6.09 Å². The lowest BCUT2D eigenvalue weighted by Crippen LogP contribution is -2.27. The number of benzene rings is 1. The average Bonchev–Trinajstić information content (AvgIpc) is 2.53.